The Kier molecular flexibility index (Phi) is 11.9. The Morgan fingerprint density at radius 3 is 2.43 bits per heavy atom. The van der Waals surface area contributed by atoms with E-state index in [1.54, 1.807) is 0 Å². The Bertz CT molecular complexity index is 1170. The molecular weight excluding hydrogens is 472 g/mol. The Morgan fingerprint density at radius 2 is 1.70 bits per heavy atom. The standard InChI is InChI=1S/C32H44N4S/c1-24(2)11-8-12-26(5)13-9-14-27(19-18-25(3)4)20-22-37-23-30(34-31-17-10-21-33-31)32-35-28-15-6-7-16-29(28)36-32/h6-7,10-11,13,15-18,20-21,30,33-34H,8-9,12,14,19,22-23H2,1-5H3,(H,35,36). The minimum atomic E-state index is 0.0945. The number of aromatic amines is 2. The molecule has 0 spiro atoms. The zero-order valence-corrected chi connectivity index (χ0v) is 24.0. The first-order valence-electron chi connectivity index (χ1n) is 13.4. The van der Waals surface area contributed by atoms with Crippen LogP contribution in [0.5, 0.6) is 0 Å². The minimum absolute atomic E-state index is 0.0945. The summed E-state index contributed by atoms with van der Waals surface area (Å²) in [6.07, 6.45) is 17.1. The predicted molar refractivity (Wildman–Crippen MR) is 164 cm³/mol. The summed E-state index contributed by atoms with van der Waals surface area (Å²) in [7, 11) is 0. The summed E-state index contributed by atoms with van der Waals surface area (Å²) < 4.78 is 0. The van der Waals surface area contributed by atoms with Crippen LogP contribution >= 0.6 is 11.8 Å². The molecule has 0 bridgehead atoms. The number of H-pyrrole nitrogens is 2. The first kappa shape index (κ1) is 28.6. The van der Waals surface area contributed by atoms with Crippen LogP contribution in [-0.4, -0.2) is 26.5 Å². The van der Waals surface area contributed by atoms with Gasteiger partial charge in [-0.3, -0.25) is 0 Å². The van der Waals surface area contributed by atoms with Crippen molar-refractivity contribution in [2.75, 3.05) is 16.8 Å². The number of aromatic nitrogens is 3. The van der Waals surface area contributed by atoms with Crippen LogP contribution in [0.15, 0.2) is 89.2 Å². The van der Waals surface area contributed by atoms with E-state index in [-0.39, 0.29) is 6.04 Å². The molecule has 2 aromatic heterocycles. The third-order valence-electron chi connectivity index (χ3n) is 6.26. The number of hydrogen-bond donors (Lipinski definition) is 3. The Labute approximate surface area is 227 Å². The van der Waals surface area contributed by atoms with Crippen molar-refractivity contribution in [1.82, 2.24) is 15.0 Å². The number of para-hydroxylation sites is 2. The Morgan fingerprint density at radius 1 is 0.919 bits per heavy atom. The Hall–Kier alpha value is -2.92. The van der Waals surface area contributed by atoms with Crippen LogP contribution in [0.2, 0.25) is 0 Å². The lowest BCUT2D eigenvalue weighted by molar-refractivity contribution is 0.822. The molecule has 4 nitrogen and oxygen atoms in total. The van der Waals surface area contributed by atoms with Crippen LogP contribution in [0, 0.1) is 0 Å². The molecule has 1 atom stereocenters. The van der Waals surface area contributed by atoms with Gasteiger partial charge in [-0.1, -0.05) is 58.7 Å². The highest BCUT2D eigenvalue weighted by Crippen LogP contribution is 2.24. The molecule has 3 rings (SSSR count). The average Bonchev–Trinajstić information content (AvgIpc) is 3.53. The van der Waals surface area contributed by atoms with Crippen molar-refractivity contribution in [3.05, 3.63) is 95.0 Å². The number of imidazole rings is 1. The van der Waals surface area contributed by atoms with Gasteiger partial charge in [0.25, 0.3) is 0 Å². The van der Waals surface area contributed by atoms with Crippen LogP contribution in [0.25, 0.3) is 11.0 Å². The van der Waals surface area contributed by atoms with E-state index in [0.717, 1.165) is 66.3 Å². The van der Waals surface area contributed by atoms with Crippen molar-refractivity contribution >= 4 is 28.6 Å². The summed E-state index contributed by atoms with van der Waals surface area (Å²) in [6, 6.07) is 12.4. The lowest BCUT2D eigenvalue weighted by Gasteiger charge is -2.16. The van der Waals surface area contributed by atoms with E-state index < -0.39 is 0 Å². The van der Waals surface area contributed by atoms with Gasteiger partial charge in [-0.15, -0.1) is 0 Å². The second-order valence-electron chi connectivity index (χ2n) is 10.2. The van der Waals surface area contributed by atoms with Crippen molar-refractivity contribution in [3.63, 3.8) is 0 Å². The number of benzene rings is 1. The van der Waals surface area contributed by atoms with Crippen molar-refractivity contribution < 1.29 is 0 Å². The molecule has 0 amide bonds. The number of hydrogen-bond acceptors (Lipinski definition) is 3. The van der Waals surface area contributed by atoms with Gasteiger partial charge in [0.1, 0.15) is 11.6 Å². The quantitative estimate of drug-likeness (QED) is 0.139. The molecule has 0 saturated carbocycles. The van der Waals surface area contributed by atoms with E-state index >= 15 is 0 Å². The first-order chi connectivity index (χ1) is 17.9. The molecule has 198 valence electrons. The van der Waals surface area contributed by atoms with Crippen LogP contribution in [0.4, 0.5) is 5.82 Å². The van der Waals surface area contributed by atoms with Gasteiger partial charge in [-0.25, -0.2) is 4.98 Å². The van der Waals surface area contributed by atoms with Gasteiger partial charge >= 0.3 is 0 Å². The van der Waals surface area contributed by atoms with Gasteiger partial charge < -0.3 is 15.3 Å². The highest BCUT2D eigenvalue weighted by molar-refractivity contribution is 7.99. The smallest absolute Gasteiger partial charge is 0.130 e. The maximum absolute atomic E-state index is 4.87. The summed E-state index contributed by atoms with van der Waals surface area (Å²) in [6.45, 7) is 11.0. The number of fused-ring (bicyclic) bond motifs is 1. The first-order valence-corrected chi connectivity index (χ1v) is 14.6. The van der Waals surface area contributed by atoms with E-state index in [0.29, 0.717) is 0 Å². The van der Waals surface area contributed by atoms with E-state index in [4.69, 9.17) is 4.98 Å². The molecular formula is C32H44N4S. The highest BCUT2D eigenvalue weighted by atomic mass is 32.2. The topological polar surface area (TPSA) is 56.5 Å². The molecule has 3 N–H and O–H groups in total. The van der Waals surface area contributed by atoms with Crippen LogP contribution in [0.3, 0.4) is 0 Å². The molecule has 0 radical (unpaired) electrons. The average molecular weight is 517 g/mol. The monoisotopic (exact) mass is 516 g/mol. The Balaban J connectivity index is 1.60. The molecule has 0 fully saturated rings. The molecule has 0 aliphatic rings. The van der Waals surface area contributed by atoms with Gasteiger partial charge in [0, 0.05) is 17.7 Å². The van der Waals surface area contributed by atoms with Gasteiger partial charge in [-0.05, 0) is 91.0 Å². The maximum Gasteiger partial charge on any atom is 0.130 e. The van der Waals surface area contributed by atoms with Gasteiger partial charge in [-0.2, -0.15) is 11.8 Å². The van der Waals surface area contributed by atoms with E-state index in [2.05, 4.69) is 92.4 Å². The number of rotatable bonds is 15. The zero-order chi connectivity index (χ0) is 26.5. The van der Waals surface area contributed by atoms with Gasteiger partial charge in [0.2, 0.25) is 0 Å². The van der Waals surface area contributed by atoms with E-state index in [1.165, 1.54) is 22.3 Å². The van der Waals surface area contributed by atoms with Crippen LogP contribution < -0.4 is 5.32 Å². The number of nitrogens with zero attached hydrogens (tertiary/aromatic N) is 1. The van der Waals surface area contributed by atoms with Crippen molar-refractivity contribution in [1.29, 1.82) is 0 Å². The van der Waals surface area contributed by atoms with Crippen molar-refractivity contribution in [2.45, 2.75) is 72.8 Å². The van der Waals surface area contributed by atoms with Gasteiger partial charge in [0.05, 0.1) is 17.1 Å². The summed E-state index contributed by atoms with van der Waals surface area (Å²) in [5.41, 5.74) is 7.90. The zero-order valence-electron chi connectivity index (χ0n) is 23.2. The molecule has 2 heterocycles. The molecule has 5 heteroatoms. The molecule has 3 aromatic rings. The molecule has 0 aliphatic carbocycles. The summed E-state index contributed by atoms with van der Waals surface area (Å²) >= 11 is 1.95. The molecule has 0 saturated heterocycles. The fourth-order valence-corrected chi connectivity index (χ4v) is 5.08. The van der Waals surface area contributed by atoms with E-state index in [9.17, 15) is 0 Å². The van der Waals surface area contributed by atoms with Gasteiger partial charge in [0.15, 0.2) is 0 Å². The van der Waals surface area contributed by atoms with Crippen molar-refractivity contribution in [2.24, 2.45) is 0 Å². The molecule has 0 aliphatic heterocycles. The second-order valence-corrected chi connectivity index (χ2v) is 11.3. The number of anilines is 1. The summed E-state index contributed by atoms with van der Waals surface area (Å²) in [5.74, 6) is 3.91. The van der Waals surface area contributed by atoms with Crippen molar-refractivity contribution in [3.8, 4) is 0 Å². The van der Waals surface area contributed by atoms with Crippen LogP contribution in [0.1, 0.15) is 78.6 Å². The third-order valence-corrected chi connectivity index (χ3v) is 7.23. The minimum Gasteiger partial charge on any atom is -0.361 e. The largest absolute Gasteiger partial charge is 0.361 e. The maximum atomic E-state index is 4.87. The molecule has 1 unspecified atom stereocenters. The van der Waals surface area contributed by atoms with E-state index in [1.807, 2.05) is 36.2 Å². The number of thioether (sulfide) groups is 1. The van der Waals surface area contributed by atoms with Crippen LogP contribution in [-0.2, 0) is 0 Å². The highest BCUT2D eigenvalue weighted by Gasteiger charge is 2.16. The molecule has 37 heavy (non-hydrogen) atoms. The predicted octanol–water partition coefficient (Wildman–Crippen LogP) is 9.53. The SMILES string of the molecule is CC(C)=CCCC(C)=CCCC(=CCSCC(Nc1ccc[nH]1)c1nc2ccccc2[nH]1)CC=C(C)C. The fraction of sp³-hybridized carbons (Fsp3) is 0.406. The summed E-state index contributed by atoms with van der Waals surface area (Å²) in [4.78, 5) is 11.6. The lowest BCUT2D eigenvalue weighted by Crippen LogP contribution is -2.15. The number of nitrogens with one attached hydrogen (secondary N) is 3. The second kappa shape index (κ2) is 15.4. The third kappa shape index (κ3) is 10.5. The number of allylic oxidation sites excluding steroid dienone is 7. The lowest BCUT2D eigenvalue weighted by atomic mass is 10.0. The normalized spacial score (nSPS) is 13.0. The summed E-state index contributed by atoms with van der Waals surface area (Å²) in [5, 5.41) is 3.62. The fourth-order valence-electron chi connectivity index (χ4n) is 4.11. The molecule has 1 aromatic carbocycles.